The number of carbonyl (C=O) groups excluding carboxylic acids is 1. The van der Waals surface area contributed by atoms with E-state index in [1.165, 1.54) is 0 Å². The smallest absolute Gasteiger partial charge is 0.255 e. The van der Waals surface area contributed by atoms with Gasteiger partial charge < -0.3 is 0 Å². The third kappa shape index (κ3) is 2.78. The number of hydrogen-bond donors (Lipinski definition) is 1. The second-order valence-electron chi connectivity index (χ2n) is 2.92. The van der Waals surface area contributed by atoms with Gasteiger partial charge in [0.1, 0.15) is 5.82 Å². The van der Waals surface area contributed by atoms with Gasteiger partial charge in [-0.1, -0.05) is 6.92 Å². The van der Waals surface area contributed by atoms with E-state index >= 15 is 0 Å². The maximum atomic E-state index is 13.1. The van der Waals surface area contributed by atoms with Crippen molar-refractivity contribution in [2.75, 3.05) is 6.54 Å². The molecule has 1 rings (SSSR count). The van der Waals surface area contributed by atoms with Crippen molar-refractivity contribution in [3.63, 3.8) is 0 Å². The second kappa shape index (κ2) is 4.90. The molecule has 16 heavy (non-hydrogen) atoms. The summed E-state index contributed by atoms with van der Waals surface area (Å²) < 4.78 is 38.4. The molecule has 0 aliphatic carbocycles. The molecular weight excluding hydrogens is 257 g/mol. The molecule has 1 N–H and O–H groups in total. The van der Waals surface area contributed by atoms with Gasteiger partial charge in [0.25, 0.3) is 5.24 Å². The largest absolute Gasteiger partial charge is 0.275 e. The van der Waals surface area contributed by atoms with Crippen LogP contribution in [0.3, 0.4) is 0 Å². The van der Waals surface area contributed by atoms with E-state index in [0.717, 1.165) is 18.2 Å². The van der Waals surface area contributed by atoms with Crippen LogP contribution in [0.25, 0.3) is 0 Å². The highest BCUT2D eigenvalue weighted by molar-refractivity contribution is 7.89. The number of benzene rings is 1. The summed E-state index contributed by atoms with van der Waals surface area (Å²) in [6.07, 6.45) is 0. The molecule has 0 radical (unpaired) electrons. The van der Waals surface area contributed by atoms with E-state index in [2.05, 4.69) is 4.72 Å². The summed E-state index contributed by atoms with van der Waals surface area (Å²) in [4.78, 5) is 10.6. The highest BCUT2D eigenvalue weighted by atomic mass is 35.5. The van der Waals surface area contributed by atoms with Gasteiger partial charge in [0.05, 0.1) is 10.5 Å². The summed E-state index contributed by atoms with van der Waals surface area (Å²) in [5.41, 5.74) is -0.458. The van der Waals surface area contributed by atoms with Crippen molar-refractivity contribution in [1.82, 2.24) is 4.72 Å². The van der Waals surface area contributed by atoms with Crippen LogP contribution in [0.4, 0.5) is 4.39 Å². The van der Waals surface area contributed by atoms with Gasteiger partial charge in [0, 0.05) is 6.54 Å². The van der Waals surface area contributed by atoms with Gasteiger partial charge in [-0.3, -0.25) is 4.79 Å². The van der Waals surface area contributed by atoms with Gasteiger partial charge in [0.15, 0.2) is 0 Å². The zero-order chi connectivity index (χ0) is 12.3. The average molecular weight is 266 g/mol. The zero-order valence-electron chi connectivity index (χ0n) is 8.33. The van der Waals surface area contributed by atoms with E-state index in [4.69, 9.17) is 11.6 Å². The van der Waals surface area contributed by atoms with Crippen LogP contribution in [0.15, 0.2) is 23.1 Å². The molecule has 0 amide bonds. The summed E-state index contributed by atoms with van der Waals surface area (Å²) in [7, 11) is -3.71. The minimum atomic E-state index is -3.71. The molecule has 0 saturated carbocycles. The minimum Gasteiger partial charge on any atom is -0.275 e. The molecule has 1 aromatic carbocycles. The molecule has 7 heteroatoms. The number of carbonyl (C=O) groups is 1. The number of rotatable bonds is 4. The molecule has 0 aliphatic rings. The van der Waals surface area contributed by atoms with E-state index < -0.39 is 26.6 Å². The Morgan fingerprint density at radius 1 is 1.50 bits per heavy atom. The summed E-state index contributed by atoms with van der Waals surface area (Å²) in [6.45, 7) is 1.80. The van der Waals surface area contributed by atoms with Gasteiger partial charge in [0.2, 0.25) is 10.0 Å². The van der Waals surface area contributed by atoms with Gasteiger partial charge in [-0.05, 0) is 29.8 Å². The lowest BCUT2D eigenvalue weighted by atomic mass is 10.2. The van der Waals surface area contributed by atoms with Crippen molar-refractivity contribution in [3.05, 3.63) is 29.6 Å². The second-order valence-corrected chi connectivity index (χ2v) is 5.03. The van der Waals surface area contributed by atoms with Crippen LogP contribution < -0.4 is 4.72 Å². The SMILES string of the molecule is CCNS(=O)(=O)c1ccc(F)c(C(=O)Cl)c1. The minimum absolute atomic E-state index is 0.195. The van der Waals surface area contributed by atoms with Crippen molar-refractivity contribution >= 4 is 26.9 Å². The standard InChI is InChI=1S/C9H9ClFNO3S/c1-2-12-16(14,15)6-3-4-8(11)7(5-6)9(10)13/h3-5,12H,2H2,1H3. The van der Waals surface area contributed by atoms with Gasteiger partial charge >= 0.3 is 0 Å². The lowest BCUT2D eigenvalue weighted by molar-refractivity contribution is 0.107. The lowest BCUT2D eigenvalue weighted by Gasteiger charge is -2.05. The molecular formula is C9H9ClFNO3S. The fraction of sp³-hybridized carbons (Fsp3) is 0.222. The van der Waals surface area contributed by atoms with E-state index in [1.54, 1.807) is 6.92 Å². The average Bonchev–Trinajstić information content (AvgIpc) is 2.17. The molecule has 0 unspecified atom stereocenters. The maximum Gasteiger partial charge on any atom is 0.255 e. The fourth-order valence-corrected chi connectivity index (χ4v) is 2.31. The summed E-state index contributed by atoms with van der Waals surface area (Å²) in [5, 5.41) is -1.04. The van der Waals surface area contributed by atoms with Crippen LogP contribution in [0, 0.1) is 5.82 Å². The molecule has 0 saturated heterocycles. The number of sulfonamides is 1. The van der Waals surface area contributed by atoms with Crippen molar-refractivity contribution in [2.24, 2.45) is 0 Å². The van der Waals surface area contributed by atoms with Gasteiger partial charge in [-0.25, -0.2) is 17.5 Å². The van der Waals surface area contributed by atoms with Crippen molar-refractivity contribution in [3.8, 4) is 0 Å². The number of hydrogen-bond acceptors (Lipinski definition) is 3. The first-order valence-corrected chi connectivity index (χ1v) is 6.23. The van der Waals surface area contributed by atoms with Crippen LogP contribution in [0.1, 0.15) is 17.3 Å². The molecule has 0 bridgehead atoms. The predicted octanol–water partition coefficient (Wildman–Crippen LogP) is 1.50. The molecule has 0 atom stereocenters. The fourth-order valence-electron chi connectivity index (χ4n) is 1.10. The quantitative estimate of drug-likeness (QED) is 0.839. The Morgan fingerprint density at radius 3 is 2.62 bits per heavy atom. The first-order valence-electron chi connectivity index (χ1n) is 4.37. The van der Waals surface area contributed by atoms with Crippen LogP contribution in [-0.2, 0) is 10.0 Å². The van der Waals surface area contributed by atoms with Crippen LogP contribution in [0.2, 0.25) is 0 Å². The van der Waals surface area contributed by atoms with E-state index in [0.29, 0.717) is 0 Å². The Labute approximate surface area is 97.5 Å². The van der Waals surface area contributed by atoms with Crippen LogP contribution in [-0.4, -0.2) is 20.2 Å². The summed E-state index contributed by atoms with van der Waals surface area (Å²) in [5.74, 6) is -0.851. The lowest BCUT2D eigenvalue weighted by Crippen LogP contribution is -2.23. The van der Waals surface area contributed by atoms with Crippen LogP contribution in [0.5, 0.6) is 0 Å². The van der Waals surface area contributed by atoms with E-state index in [-0.39, 0.29) is 11.4 Å². The predicted molar refractivity (Wildman–Crippen MR) is 57.4 cm³/mol. The Morgan fingerprint density at radius 2 is 2.12 bits per heavy atom. The molecule has 4 nitrogen and oxygen atoms in total. The topological polar surface area (TPSA) is 63.2 Å². The Hall–Kier alpha value is -0.980. The molecule has 0 fully saturated rings. The van der Waals surface area contributed by atoms with Crippen molar-refractivity contribution in [1.29, 1.82) is 0 Å². The van der Waals surface area contributed by atoms with Gasteiger partial charge in [-0.15, -0.1) is 0 Å². The summed E-state index contributed by atoms with van der Waals surface area (Å²) in [6, 6.07) is 2.86. The molecule has 0 aromatic heterocycles. The highest BCUT2D eigenvalue weighted by Gasteiger charge is 2.17. The molecule has 0 aliphatic heterocycles. The first-order chi connectivity index (χ1) is 7.38. The van der Waals surface area contributed by atoms with Gasteiger partial charge in [-0.2, -0.15) is 0 Å². The Bertz CT molecular complexity index is 515. The van der Waals surface area contributed by atoms with Crippen molar-refractivity contribution < 1.29 is 17.6 Å². The molecule has 0 heterocycles. The number of nitrogens with one attached hydrogen (secondary N) is 1. The molecule has 0 spiro atoms. The monoisotopic (exact) mass is 265 g/mol. The van der Waals surface area contributed by atoms with E-state index in [9.17, 15) is 17.6 Å². The third-order valence-electron chi connectivity index (χ3n) is 1.79. The molecule has 88 valence electrons. The number of halogens is 2. The molecule has 1 aromatic rings. The Balaban J connectivity index is 3.28. The highest BCUT2D eigenvalue weighted by Crippen LogP contribution is 2.16. The summed E-state index contributed by atoms with van der Waals surface area (Å²) >= 11 is 5.11. The third-order valence-corrected chi connectivity index (χ3v) is 3.54. The van der Waals surface area contributed by atoms with Crippen LogP contribution >= 0.6 is 11.6 Å². The Kier molecular flexibility index (Phi) is 4.01. The maximum absolute atomic E-state index is 13.1. The van der Waals surface area contributed by atoms with Crippen molar-refractivity contribution in [2.45, 2.75) is 11.8 Å². The normalized spacial score (nSPS) is 11.4. The van der Waals surface area contributed by atoms with E-state index in [1.807, 2.05) is 0 Å². The first kappa shape index (κ1) is 13.1. The zero-order valence-corrected chi connectivity index (χ0v) is 9.90.